The van der Waals surface area contributed by atoms with Crippen LogP contribution in [0.5, 0.6) is 0 Å². The van der Waals surface area contributed by atoms with Gasteiger partial charge in [-0.2, -0.15) is 0 Å². The summed E-state index contributed by atoms with van der Waals surface area (Å²) in [7, 11) is -2.13. The van der Waals surface area contributed by atoms with E-state index >= 15 is 0 Å². The van der Waals surface area contributed by atoms with Crippen molar-refractivity contribution in [3.8, 4) is 0 Å². The van der Waals surface area contributed by atoms with Gasteiger partial charge in [0.25, 0.3) is 0 Å². The van der Waals surface area contributed by atoms with Crippen LogP contribution in [0.25, 0.3) is 0 Å². The third kappa shape index (κ3) is 6.33. The van der Waals surface area contributed by atoms with Gasteiger partial charge in [-0.3, -0.25) is 9.69 Å². The summed E-state index contributed by atoms with van der Waals surface area (Å²) in [6, 6.07) is 4.87. The van der Waals surface area contributed by atoms with Gasteiger partial charge in [-0.25, -0.2) is 4.79 Å². The van der Waals surface area contributed by atoms with Crippen LogP contribution < -0.4 is 0 Å². The molecule has 1 aromatic rings. The quantitative estimate of drug-likeness (QED) is 0.287. The molecule has 186 valence electrons. The lowest BCUT2D eigenvalue weighted by atomic mass is 9.82. The van der Waals surface area contributed by atoms with Crippen molar-refractivity contribution in [2.75, 3.05) is 6.54 Å². The summed E-state index contributed by atoms with van der Waals surface area (Å²) in [6.45, 7) is 18.7. The van der Waals surface area contributed by atoms with Crippen molar-refractivity contribution in [1.29, 1.82) is 0 Å². The molecule has 1 aromatic carbocycles. The van der Waals surface area contributed by atoms with Gasteiger partial charge in [0, 0.05) is 12.0 Å². The molecule has 0 bridgehead atoms. The highest BCUT2D eigenvalue weighted by atomic mass is 35.5. The molecule has 0 aromatic heterocycles. The predicted molar refractivity (Wildman–Crippen MR) is 138 cm³/mol. The molecule has 1 heterocycles. The fourth-order valence-corrected chi connectivity index (χ4v) is 5.70. The second-order valence-electron chi connectivity index (χ2n) is 11.5. The highest BCUT2D eigenvalue weighted by molar-refractivity contribution is 6.74. The van der Waals surface area contributed by atoms with E-state index in [0.717, 1.165) is 6.42 Å². The van der Waals surface area contributed by atoms with Crippen LogP contribution in [0.4, 0.5) is 4.79 Å². The lowest BCUT2D eigenvalue weighted by Gasteiger charge is -2.38. The maximum Gasteiger partial charge on any atom is 0.411 e. The Balaban J connectivity index is 2.54. The van der Waals surface area contributed by atoms with Gasteiger partial charge in [-0.1, -0.05) is 57.3 Å². The highest BCUT2D eigenvalue weighted by Gasteiger charge is 2.55. The Morgan fingerprint density at radius 2 is 1.73 bits per heavy atom. The molecule has 0 radical (unpaired) electrons. The fraction of sp³-hybridized carbons (Fsp3) is 0.680. The number of Topliss-reactive ketones (excluding diaryl/α,β-unsaturated/α-hetero) is 1. The summed E-state index contributed by atoms with van der Waals surface area (Å²) in [4.78, 5) is 29.0. The van der Waals surface area contributed by atoms with Crippen LogP contribution >= 0.6 is 23.2 Å². The Hall–Kier alpha value is -1.08. The minimum Gasteiger partial charge on any atom is -0.444 e. The van der Waals surface area contributed by atoms with E-state index in [9.17, 15) is 9.59 Å². The average molecular weight is 517 g/mol. The number of carbonyl (C=O) groups excluding carboxylic acids is 2. The van der Waals surface area contributed by atoms with Gasteiger partial charge in [0.15, 0.2) is 14.1 Å². The summed E-state index contributed by atoms with van der Waals surface area (Å²) < 4.78 is 12.4. The molecule has 0 saturated carbocycles. The van der Waals surface area contributed by atoms with Crippen molar-refractivity contribution in [3.63, 3.8) is 0 Å². The van der Waals surface area contributed by atoms with Crippen LogP contribution in [0.2, 0.25) is 28.2 Å². The van der Waals surface area contributed by atoms with E-state index < -0.39 is 25.6 Å². The van der Waals surface area contributed by atoms with E-state index in [1.54, 1.807) is 23.1 Å². The number of rotatable bonds is 6. The molecule has 1 aliphatic heterocycles. The number of hydrogen-bond acceptors (Lipinski definition) is 4. The van der Waals surface area contributed by atoms with Crippen LogP contribution in [0, 0.1) is 0 Å². The maximum atomic E-state index is 14.0. The molecule has 2 rings (SSSR count). The van der Waals surface area contributed by atoms with E-state index in [-0.39, 0.29) is 16.9 Å². The van der Waals surface area contributed by atoms with Gasteiger partial charge in [0.05, 0.1) is 22.7 Å². The standard InChI is InChI=1S/C25H39Cl2NO4Si/c1-10-13-25(21(29)17-11-12-19(26)20(27)14-17)15-18(32-33(8,9)24(5,6)7)16-28(25)22(30)31-23(2,3)4/h11-12,14,18H,10,13,15-16H2,1-9H3/t18?,25-/m1/s1. The van der Waals surface area contributed by atoms with Crippen LogP contribution in [0.3, 0.4) is 0 Å². The summed E-state index contributed by atoms with van der Waals surface area (Å²) in [5, 5.41) is 0.699. The molecule has 0 N–H and O–H groups in total. The first-order chi connectivity index (χ1) is 14.9. The van der Waals surface area contributed by atoms with Gasteiger partial charge in [-0.05, 0) is 63.5 Å². The molecule has 0 spiro atoms. The number of halogens is 2. The smallest absolute Gasteiger partial charge is 0.411 e. The molecule has 33 heavy (non-hydrogen) atoms. The van der Waals surface area contributed by atoms with Crippen molar-refractivity contribution >= 4 is 43.4 Å². The number of carbonyl (C=O) groups is 2. The highest BCUT2D eigenvalue weighted by Crippen LogP contribution is 2.44. The van der Waals surface area contributed by atoms with E-state index in [4.69, 9.17) is 32.4 Å². The summed E-state index contributed by atoms with van der Waals surface area (Å²) in [5.74, 6) is -0.157. The first-order valence-corrected chi connectivity index (χ1v) is 15.3. The second-order valence-corrected chi connectivity index (χ2v) is 17.1. The molecule has 0 aliphatic carbocycles. The Morgan fingerprint density at radius 3 is 2.21 bits per heavy atom. The molecular weight excluding hydrogens is 477 g/mol. The molecule has 1 saturated heterocycles. The van der Waals surface area contributed by atoms with Gasteiger partial charge in [0.2, 0.25) is 0 Å². The number of likely N-dealkylation sites (tertiary alicyclic amines) is 1. The van der Waals surface area contributed by atoms with Crippen LogP contribution in [-0.4, -0.2) is 48.9 Å². The SMILES string of the molecule is CCC[C@]1(C(=O)c2ccc(Cl)c(Cl)c2)CC(O[Si](C)(C)C(C)(C)C)CN1C(=O)OC(C)(C)C. The van der Waals surface area contributed by atoms with Gasteiger partial charge < -0.3 is 9.16 Å². The Kier molecular flexibility index (Phi) is 8.43. The molecule has 5 nitrogen and oxygen atoms in total. The van der Waals surface area contributed by atoms with Crippen molar-refractivity contribution in [3.05, 3.63) is 33.8 Å². The Bertz CT molecular complexity index is 891. The van der Waals surface area contributed by atoms with E-state index in [0.29, 0.717) is 35.0 Å². The zero-order chi connectivity index (χ0) is 25.4. The van der Waals surface area contributed by atoms with Crippen molar-refractivity contribution in [1.82, 2.24) is 4.90 Å². The van der Waals surface area contributed by atoms with E-state index in [2.05, 4.69) is 33.9 Å². The normalized spacial score (nSPS) is 21.9. The first kappa shape index (κ1) is 28.2. The number of hydrogen-bond donors (Lipinski definition) is 0. The molecule has 8 heteroatoms. The third-order valence-electron chi connectivity index (χ3n) is 6.62. The van der Waals surface area contributed by atoms with Crippen LogP contribution in [0.1, 0.15) is 78.1 Å². The molecule has 1 fully saturated rings. The summed E-state index contributed by atoms with van der Waals surface area (Å²) in [6.07, 6.45) is 0.899. The van der Waals surface area contributed by atoms with Gasteiger partial charge >= 0.3 is 6.09 Å². The minimum absolute atomic E-state index is 0.00741. The monoisotopic (exact) mass is 515 g/mol. The van der Waals surface area contributed by atoms with Crippen LogP contribution in [-0.2, 0) is 9.16 Å². The summed E-state index contributed by atoms with van der Waals surface area (Å²) in [5.41, 5.74) is -1.32. The Labute approximate surface area is 210 Å². The minimum atomic E-state index is -2.13. The Morgan fingerprint density at radius 1 is 1.12 bits per heavy atom. The van der Waals surface area contributed by atoms with Crippen molar-refractivity contribution in [2.24, 2.45) is 0 Å². The third-order valence-corrected chi connectivity index (χ3v) is 11.9. The first-order valence-electron chi connectivity index (χ1n) is 11.6. The van der Waals surface area contributed by atoms with Crippen LogP contribution in [0.15, 0.2) is 18.2 Å². The largest absolute Gasteiger partial charge is 0.444 e. The zero-order valence-electron chi connectivity index (χ0n) is 21.5. The topological polar surface area (TPSA) is 55.8 Å². The van der Waals surface area contributed by atoms with Gasteiger partial charge in [0.1, 0.15) is 11.1 Å². The molecule has 1 aliphatic rings. The summed E-state index contributed by atoms with van der Waals surface area (Å²) >= 11 is 12.3. The lowest BCUT2D eigenvalue weighted by Crippen LogP contribution is -2.54. The van der Waals surface area contributed by atoms with Crippen molar-refractivity contribution < 1.29 is 18.8 Å². The number of nitrogens with zero attached hydrogens (tertiary/aromatic N) is 1. The van der Waals surface area contributed by atoms with E-state index in [1.807, 2.05) is 27.7 Å². The second kappa shape index (κ2) is 9.88. The zero-order valence-corrected chi connectivity index (χ0v) is 24.0. The molecular formula is C25H39Cl2NO4Si. The molecule has 1 amide bonds. The van der Waals surface area contributed by atoms with Crippen molar-refractivity contribution in [2.45, 2.75) is 103 Å². The van der Waals surface area contributed by atoms with E-state index in [1.165, 1.54) is 0 Å². The predicted octanol–water partition coefficient (Wildman–Crippen LogP) is 7.75. The molecule has 1 unspecified atom stereocenters. The number of benzene rings is 1. The number of amides is 1. The van der Waals surface area contributed by atoms with Gasteiger partial charge in [-0.15, -0.1) is 0 Å². The fourth-order valence-electron chi connectivity index (χ4n) is 4.05. The lowest BCUT2D eigenvalue weighted by molar-refractivity contribution is 0.00677. The number of ether oxygens (including phenoxy) is 1. The maximum absolute atomic E-state index is 14.0. The molecule has 2 atom stereocenters. The average Bonchev–Trinajstić information content (AvgIpc) is 3.00. The number of ketones is 1.